The van der Waals surface area contributed by atoms with Crippen LogP contribution >= 0.6 is 24.0 Å². The van der Waals surface area contributed by atoms with Gasteiger partial charge in [-0.05, 0) is 50.3 Å². The lowest BCUT2D eigenvalue weighted by molar-refractivity contribution is -0.117. The van der Waals surface area contributed by atoms with Gasteiger partial charge >= 0.3 is 0 Å². The summed E-state index contributed by atoms with van der Waals surface area (Å²) in [6, 6.07) is 8.64. The van der Waals surface area contributed by atoms with Crippen LogP contribution in [0.2, 0.25) is 0 Å². The number of likely N-dealkylation sites (tertiary alicyclic amines) is 1. The van der Waals surface area contributed by atoms with E-state index < -0.39 is 0 Å². The highest BCUT2D eigenvalue weighted by molar-refractivity contribution is 14.0. The quantitative estimate of drug-likeness (QED) is 0.372. The number of anilines is 1. The number of carbonyl (C=O) groups excluding carboxylic acids is 1. The molecule has 1 aromatic carbocycles. The number of nitrogens with zero attached hydrogens (tertiary/aromatic N) is 3. The first-order chi connectivity index (χ1) is 13.2. The number of benzene rings is 1. The van der Waals surface area contributed by atoms with Crippen LogP contribution in [-0.2, 0) is 11.2 Å². The van der Waals surface area contributed by atoms with Crippen molar-refractivity contribution in [2.24, 2.45) is 4.99 Å². The fraction of sp³-hybridized carbons (Fsp3) is 0.619. The molecule has 1 aromatic rings. The van der Waals surface area contributed by atoms with Gasteiger partial charge in [0.1, 0.15) is 0 Å². The molecule has 2 heterocycles. The summed E-state index contributed by atoms with van der Waals surface area (Å²) in [5.74, 6) is 0.824. The summed E-state index contributed by atoms with van der Waals surface area (Å²) in [7, 11) is 1.77. The van der Waals surface area contributed by atoms with Gasteiger partial charge in [-0.15, -0.1) is 24.0 Å². The van der Waals surface area contributed by atoms with Crippen molar-refractivity contribution in [1.29, 1.82) is 0 Å². The summed E-state index contributed by atoms with van der Waals surface area (Å²) in [4.78, 5) is 21.5. The average Bonchev–Trinajstić information content (AvgIpc) is 2.72. The lowest BCUT2D eigenvalue weighted by Crippen LogP contribution is -2.51. The maximum Gasteiger partial charge on any atom is 0.246 e. The number of amides is 1. The van der Waals surface area contributed by atoms with E-state index in [4.69, 9.17) is 0 Å². The molecule has 2 aliphatic rings. The van der Waals surface area contributed by atoms with Gasteiger partial charge in [-0.25, -0.2) is 0 Å². The average molecular weight is 499 g/mol. The Morgan fingerprint density at radius 2 is 1.96 bits per heavy atom. The summed E-state index contributed by atoms with van der Waals surface area (Å²) in [6.45, 7) is 6.74. The number of nitrogens with one attached hydrogen (secondary N) is 2. The van der Waals surface area contributed by atoms with E-state index in [-0.39, 0.29) is 36.4 Å². The molecule has 2 aliphatic heterocycles. The number of halogens is 1. The molecular formula is C21H34IN5O. The predicted octanol–water partition coefficient (Wildman–Crippen LogP) is 2.62. The van der Waals surface area contributed by atoms with Crippen molar-refractivity contribution in [2.45, 2.75) is 45.1 Å². The maximum absolute atomic E-state index is 12.8. The minimum absolute atomic E-state index is 0. The fourth-order valence-corrected chi connectivity index (χ4v) is 4.05. The van der Waals surface area contributed by atoms with Gasteiger partial charge in [0.05, 0.1) is 6.54 Å². The van der Waals surface area contributed by atoms with Gasteiger partial charge in [-0.2, -0.15) is 0 Å². The van der Waals surface area contributed by atoms with Crippen molar-refractivity contribution in [3.63, 3.8) is 0 Å². The molecule has 6 nitrogen and oxygen atoms in total. The van der Waals surface area contributed by atoms with Crippen LogP contribution in [0.4, 0.5) is 5.69 Å². The Morgan fingerprint density at radius 3 is 2.68 bits per heavy atom. The number of aliphatic imine (C=N–C) groups is 1. The number of aryl methyl sites for hydroxylation is 1. The SMILES string of the molecule is CCCN1CCC(NC(=NC)NCC(=O)N2CCCc3ccccc32)CC1.I. The summed E-state index contributed by atoms with van der Waals surface area (Å²) < 4.78 is 0. The van der Waals surface area contributed by atoms with E-state index in [0.29, 0.717) is 6.04 Å². The summed E-state index contributed by atoms with van der Waals surface area (Å²) in [6.07, 6.45) is 5.52. The van der Waals surface area contributed by atoms with E-state index in [2.05, 4.69) is 33.5 Å². The van der Waals surface area contributed by atoms with E-state index in [1.54, 1.807) is 7.05 Å². The summed E-state index contributed by atoms with van der Waals surface area (Å²) in [5, 5.41) is 6.70. The Kier molecular flexibility index (Phi) is 9.50. The molecule has 28 heavy (non-hydrogen) atoms. The van der Waals surface area contributed by atoms with Gasteiger partial charge in [-0.1, -0.05) is 25.1 Å². The number of guanidine groups is 1. The molecule has 2 N–H and O–H groups in total. The molecule has 156 valence electrons. The van der Waals surface area contributed by atoms with Crippen molar-refractivity contribution in [3.8, 4) is 0 Å². The largest absolute Gasteiger partial charge is 0.354 e. The first-order valence-electron chi connectivity index (χ1n) is 10.3. The zero-order chi connectivity index (χ0) is 19.1. The van der Waals surface area contributed by atoms with Crippen LogP contribution < -0.4 is 15.5 Å². The van der Waals surface area contributed by atoms with E-state index in [1.165, 1.54) is 18.5 Å². The normalized spacial score (nSPS) is 18.2. The van der Waals surface area contributed by atoms with Crippen molar-refractivity contribution < 1.29 is 4.79 Å². The third-order valence-corrected chi connectivity index (χ3v) is 5.51. The van der Waals surface area contributed by atoms with Crippen molar-refractivity contribution in [1.82, 2.24) is 15.5 Å². The van der Waals surface area contributed by atoms with Gasteiger partial charge < -0.3 is 20.4 Å². The molecule has 3 rings (SSSR count). The molecule has 0 atom stereocenters. The van der Waals surface area contributed by atoms with Crippen LogP contribution in [0.5, 0.6) is 0 Å². The molecule has 1 saturated heterocycles. The molecule has 0 saturated carbocycles. The molecule has 1 fully saturated rings. The van der Waals surface area contributed by atoms with Gasteiger partial charge in [-0.3, -0.25) is 9.79 Å². The molecule has 0 unspecified atom stereocenters. The second-order valence-electron chi connectivity index (χ2n) is 7.46. The third-order valence-electron chi connectivity index (χ3n) is 5.51. The van der Waals surface area contributed by atoms with Crippen LogP contribution in [0.3, 0.4) is 0 Å². The monoisotopic (exact) mass is 499 g/mol. The third kappa shape index (κ3) is 6.07. The molecule has 0 spiro atoms. The second-order valence-corrected chi connectivity index (χ2v) is 7.46. The first-order valence-corrected chi connectivity index (χ1v) is 10.3. The van der Waals surface area contributed by atoms with Gasteiger partial charge in [0.25, 0.3) is 0 Å². The van der Waals surface area contributed by atoms with Gasteiger partial charge in [0, 0.05) is 38.4 Å². The number of piperidine rings is 1. The highest BCUT2D eigenvalue weighted by Gasteiger charge is 2.23. The first kappa shape index (κ1) is 22.9. The number of rotatable bonds is 5. The van der Waals surface area contributed by atoms with Crippen molar-refractivity contribution in [2.75, 3.05) is 44.7 Å². The van der Waals surface area contributed by atoms with Crippen LogP contribution in [-0.4, -0.2) is 62.6 Å². The second kappa shape index (κ2) is 11.6. The Hall–Kier alpha value is -1.35. The zero-order valence-corrected chi connectivity index (χ0v) is 19.4. The smallest absolute Gasteiger partial charge is 0.246 e. The molecular weight excluding hydrogens is 465 g/mol. The minimum Gasteiger partial charge on any atom is -0.354 e. The number of fused-ring (bicyclic) bond motifs is 1. The van der Waals surface area contributed by atoms with Crippen LogP contribution in [0.25, 0.3) is 0 Å². The van der Waals surface area contributed by atoms with E-state index in [1.807, 2.05) is 23.1 Å². The summed E-state index contributed by atoms with van der Waals surface area (Å²) >= 11 is 0. The highest BCUT2D eigenvalue weighted by Crippen LogP contribution is 2.26. The zero-order valence-electron chi connectivity index (χ0n) is 17.1. The topological polar surface area (TPSA) is 60.0 Å². The molecule has 1 amide bonds. The number of hydrogen-bond acceptors (Lipinski definition) is 3. The fourth-order valence-electron chi connectivity index (χ4n) is 4.05. The minimum atomic E-state index is 0. The molecule has 7 heteroatoms. The van der Waals surface area contributed by atoms with Gasteiger partial charge in [0.15, 0.2) is 5.96 Å². The molecule has 0 bridgehead atoms. The Bertz CT molecular complexity index is 658. The molecule has 0 aromatic heterocycles. The van der Waals surface area contributed by atoms with Crippen molar-refractivity contribution in [3.05, 3.63) is 29.8 Å². The van der Waals surface area contributed by atoms with Crippen LogP contribution in [0.15, 0.2) is 29.3 Å². The Morgan fingerprint density at radius 1 is 1.21 bits per heavy atom. The van der Waals surface area contributed by atoms with Gasteiger partial charge in [0.2, 0.25) is 5.91 Å². The Labute approximate surface area is 186 Å². The van der Waals surface area contributed by atoms with E-state index in [9.17, 15) is 4.79 Å². The molecule has 0 aliphatic carbocycles. The Balaban J connectivity index is 0.00000280. The van der Waals surface area contributed by atoms with E-state index >= 15 is 0 Å². The number of hydrogen-bond donors (Lipinski definition) is 2. The van der Waals surface area contributed by atoms with Crippen LogP contribution in [0, 0.1) is 0 Å². The lowest BCUT2D eigenvalue weighted by atomic mass is 10.0. The number of carbonyl (C=O) groups is 1. The highest BCUT2D eigenvalue weighted by atomic mass is 127. The van der Waals surface area contributed by atoms with E-state index in [0.717, 1.165) is 57.0 Å². The predicted molar refractivity (Wildman–Crippen MR) is 127 cm³/mol. The lowest BCUT2D eigenvalue weighted by Gasteiger charge is -2.33. The number of para-hydroxylation sites is 1. The maximum atomic E-state index is 12.8. The summed E-state index contributed by atoms with van der Waals surface area (Å²) in [5.41, 5.74) is 2.32. The van der Waals surface area contributed by atoms with Crippen molar-refractivity contribution >= 4 is 41.5 Å². The standard InChI is InChI=1S/C21H33N5O.HI/c1-3-12-25-14-10-18(11-15-25)24-21(22-2)23-16-20(27)26-13-6-8-17-7-4-5-9-19(17)26;/h4-5,7,9,18H,3,6,8,10-16H2,1-2H3,(H2,22,23,24);1H. The molecule has 0 radical (unpaired) electrons. The van der Waals surface area contributed by atoms with Crippen LogP contribution in [0.1, 0.15) is 38.2 Å².